The van der Waals surface area contributed by atoms with E-state index in [0.29, 0.717) is 0 Å². The first-order valence-electron chi connectivity index (χ1n) is 6.96. The van der Waals surface area contributed by atoms with Gasteiger partial charge in [0, 0.05) is 0 Å². The molecule has 0 radical (unpaired) electrons. The van der Waals surface area contributed by atoms with E-state index in [1.165, 1.54) is 5.56 Å². The average molecular weight is 274 g/mol. The summed E-state index contributed by atoms with van der Waals surface area (Å²) in [5.41, 5.74) is 3.17. The molecule has 1 aliphatic heterocycles. The molecule has 0 amide bonds. The summed E-state index contributed by atoms with van der Waals surface area (Å²) in [7, 11) is 1.67. The number of methoxy groups -OCH3 is 1. The molecule has 2 aromatic rings. The van der Waals surface area contributed by atoms with E-state index in [1.54, 1.807) is 7.11 Å². The maximum absolute atomic E-state index is 9.99. The number of hydrogen-bond acceptors (Lipinski definition) is 3. The fourth-order valence-corrected chi connectivity index (χ4v) is 3.10. The van der Waals surface area contributed by atoms with Crippen LogP contribution in [-0.2, 0) is 16.9 Å². The molecule has 2 N–H and O–H groups in total. The Kier molecular flexibility index (Phi) is 2.49. The zero-order chi connectivity index (χ0) is 13.7. The van der Waals surface area contributed by atoms with Gasteiger partial charge in [-0.2, -0.15) is 0 Å². The van der Waals surface area contributed by atoms with Crippen LogP contribution in [0.5, 0.6) is 5.75 Å². The van der Waals surface area contributed by atoms with Gasteiger partial charge in [-0.15, -0.1) is 0 Å². The van der Waals surface area contributed by atoms with E-state index in [-0.39, 0.29) is 11.7 Å². The van der Waals surface area contributed by atoms with Crippen LogP contribution in [0.3, 0.4) is 0 Å². The largest absolute Gasteiger partial charge is 0.497 e. The van der Waals surface area contributed by atoms with Gasteiger partial charge in [-0.1, -0.05) is 12.1 Å². The number of H-pyrrole nitrogens is 1. The molecular weight excluding hydrogens is 256 g/mol. The van der Waals surface area contributed by atoms with Gasteiger partial charge < -0.3 is 14.6 Å². The SMILES string of the molecule is COc1ccc(Cn2[nH]c3c2C2(CCC3O)CO2)cc1. The average Bonchev–Trinajstić information content (AvgIpc) is 3.20. The van der Waals surface area contributed by atoms with Crippen molar-refractivity contribution >= 4 is 0 Å². The molecule has 1 fully saturated rings. The summed E-state index contributed by atoms with van der Waals surface area (Å²) in [5.74, 6) is 0.861. The molecular formula is C15H18N2O3. The molecule has 5 nitrogen and oxygen atoms in total. The Balaban J connectivity index is 1.60. The van der Waals surface area contributed by atoms with Gasteiger partial charge in [0.15, 0.2) is 0 Å². The number of hydrogen-bond donors (Lipinski definition) is 2. The highest BCUT2D eigenvalue weighted by Crippen LogP contribution is 2.51. The van der Waals surface area contributed by atoms with E-state index in [9.17, 15) is 5.11 Å². The van der Waals surface area contributed by atoms with Crippen molar-refractivity contribution in [2.24, 2.45) is 0 Å². The number of epoxide rings is 1. The van der Waals surface area contributed by atoms with Crippen LogP contribution in [0.4, 0.5) is 0 Å². The first-order chi connectivity index (χ1) is 9.72. The topological polar surface area (TPSA) is 62.7 Å². The van der Waals surface area contributed by atoms with Crippen LogP contribution in [0.15, 0.2) is 24.3 Å². The molecule has 1 aromatic heterocycles. The van der Waals surface area contributed by atoms with E-state index in [0.717, 1.165) is 43.1 Å². The number of aliphatic hydroxyl groups excluding tert-OH is 1. The molecule has 1 saturated heterocycles. The third-order valence-corrected chi connectivity index (χ3v) is 4.36. The molecule has 1 aromatic carbocycles. The van der Waals surface area contributed by atoms with E-state index >= 15 is 0 Å². The Morgan fingerprint density at radius 3 is 2.85 bits per heavy atom. The number of nitrogens with zero attached hydrogens (tertiary/aromatic N) is 1. The zero-order valence-corrected chi connectivity index (χ0v) is 11.4. The summed E-state index contributed by atoms with van der Waals surface area (Å²) in [6.07, 6.45) is 1.32. The number of ether oxygens (including phenoxy) is 2. The van der Waals surface area contributed by atoms with Gasteiger partial charge in [-0.3, -0.25) is 9.78 Å². The number of rotatable bonds is 3. The molecule has 5 heteroatoms. The summed E-state index contributed by atoms with van der Waals surface area (Å²) in [4.78, 5) is 0. The second kappa shape index (κ2) is 4.14. The Hall–Kier alpha value is -1.72. The maximum atomic E-state index is 9.99. The third-order valence-electron chi connectivity index (χ3n) is 4.36. The monoisotopic (exact) mass is 274 g/mol. The molecule has 0 bridgehead atoms. The Bertz CT molecular complexity index is 622. The van der Waals surface area contributed by atoms with Crippen LogP contribution in [-0.4, -0.2) is 28.6 Å². The van der Waals surface area contributed by atoms with Crippen LogP contribution >= 0.6 is 0 Å². The molecule has 2 unspecified atom stereocenters. The van der Waals surface area contributed by atoms with Crippen molar-refractivity contribution in [2.75, 3.05) is 13.7 Å². The quantitative estimate of drug-likeness (QED) is 0.841. The lowest BCUT2D eigenvalue weighted by atomic mass is 9.87. The minimum atomic E-state index is -0.369. The maximum Gasteiger partial charge on any atom is 0.135 e. The predicted octanol–water partition coefficient (Wildman–Crippen LogP) is 1.93. The molecule has 2 heterocycles. The van der Waals surface area contributed by atoms with Gasteiger partial charge in [0.25, 0.3) is 0 Å². The van der Waals surface area contributed by atoms with E-state index < -0.39 is 0 Å². The van der Waals surface area contributed by atoms with Crippen molar-refractivity contribution in [1.82, 2.24) is 9.78 Å². The molecule has 4 rings (SSSR count). The highest BCUT2D eigenvalue weighted by Gasteiger charge is 2.54. The van der Waals surface area contributed by atoms with Gasteiger partial charge >= 0.3 is 0 Å². The van der Waals surface area contributed by atoms with Crippen molar-refractivity contribution in [3.05, 3.63) is 41.2 Å². The first-order valence-corrected chi connectivity index (χ1v) is 6.96. The number of benzene rings is 1. The molecule has 2 atom stereocenters. The summed E-state index contributed by atoms with van der Waals surface area (Å²) < 4.78 is 12.9. The Morgan fingerprint density at radius 2 is 2.20 bits per heavy atom. The van der Waals surface area contributed by atoms with Crippen molar-refractivity contribution in [2.45, 2.75) is 31.1 Å². The molecule has 0 saturated carbocycles. The number of aromatic nitrogens is 2. The molecule has 1 aliphatic carbocycles. The second-order valence-corrected chi connectivity index (χ2v) is 5.65. The normalized spacial score (nSPS) is 27.6. The van der Waals surface area contributed by atoms with Crippen molar-refractivity contribution in [3.8, 4) is 5.75 Å². The summed E-state index contributed by atoms with van der Waals surface area (Å²) in [6, 6.07) is 8.03. The van der Waals surface area contributed by atoms with E-state index in [4.69, 9.17) is 9.47 Å². The smallest absolute Gasteiger partial charge is 0.135 e. The summed E-state index contributed by atoms with van der Waals surface area (Å²) in [5, 5.41) is 13.2. The summed E-state index contributed by atoms with van der Waals surface area (Å²) >= 11 is 0. The fraction of sp³-hybridized carbons (Fsp3) is 0.467. The highest BCUT2D eigenvalue weighted by atomic mass is 16.6. The fourth-order valence-electron chi connectivity index (χ4n) is 3.10. The molecule has 106 valence electrons. The number of fused-ring (bicyclic) bond motifs is 2. The first kappa shape index (κ1) is 12.1. The third kappa shape index (κ3) is 1.70. The van der Waals surface area contributed by atoms with Crippen molar-refractivity contribution in [1.29, 1.82) is 0 Å². The zero-order valence-electron chi connectivity index (χ0n) is 11.4. The number of aromatic amines is 1. The lowest BCUT2D eigenvalue weighted by Gasteiger charge is -2.34. The van der Waals surface area contributed by atoms with Gasteiger partial charge in [0.2, 0.25) is 0 Å². The highest BCUT2D eigenvalue weighted by molar-refractivity contribution is 5.33. The van der Waals surface area contributed by atoms with E-state index in [2.05, 4.69) is 21.9 Å². The van der Waals surface area contributed by atoms with Crippen LogP contribution in [0.1, 0.15) is 35.9 Å². The lowest BCUT2D eigenvalue weighted by Crippen LogP contribution is -2.34. The van der Waals surface area contributed by atoms with Crippen LogP contribution in [0.25, 0.3) is 0 Å². The summed E-state index contributed by atoms with van der Waals surface area (Å²) in [6.45, 7) is 1.54. The predicted molar refractivity (Wildman–Crippen MR) is 72.7 cm³/mol. The Morgan fingerprint density at radius 1 is 1.45 bits per heavy atom. The van der Waals surface area contributed by atoms with Gasteiger partial charge in [-0.05, 0) is 30.5 Å². The van der Waals surface area contributed by atoms with Crippen molar-refractivity contribution < 1.29 is 14.6 Å². The minimum Gasteiger partial charge on any atom is -0.497 e. The van der Waals surface area contributed by atoms with E-state index in [1.807, 2.05) is 12.1 Å². The van der Waals surface area contributed by atoms with Crippen LogP contribution in [0.2, 0.25) is 0 Å². The Labute approximate surface area is 117 Å². The van der Waals surface area contributed by atoms with Gasteiger partial charge in [0.1, 0.15) is 11.4 Å². The molecule has 2 aliphatic rings. The second-order valence-electron chi connectivity index (χ2n) is 5.65. The van der Waals surface area contributed by atoms with Crippen LogP contribution < -0.4 is 4.74 Å². The molecule has 20 heavy (non-hydrogen) atoms. The van der Waals surface area contributed by atoms with Crippen LogP contribution in [0, 0.1) is 0 Å². The minimum absolute atomic E-state index is 0.119. The molecule has 1 spiro atoms. The number of aliphatic hydroxyl groups is 1. The van der Waals surface area contributed by atoms with Gasteiger partial charge in [0.05, 0.1) is 37.8 Å². The number of nitrogens with one attached hydrogen (secondary N) is 1. The lowest BCUT2D eigenvalue weighted by molar-refractivity contribution is 0.104. The van der Waals surface area contributed by atoms with Gasteiger partial charge in [-0.25, -0.2) is 0 Å². The van der Waals surface area contributed by atoms with Crippen molar-refractivity contribution in [3.63, 3.8) is 0 Å². The standard InChI is InChI=1S/C15H18N2O3/c1-19-11-4-2-10(3-5-11)8-17-14-13(16-17)12(18)6-7-15(14)9-20-15/h2-5,12,16,18H,6-9H2,1H3.